The van der Waals surface area contributed by atoms with Crippen LogP contribution in [-0.4, -0.2) is 64.4 Å². The lowest BCUT2D eigenvalue weighted by molar-refractivity contribution is -0.132. The molecule has 3 heterocycles. The summed E-state index contributed by atoms with van der Waals surface area (Å²) in [6.07, 6.45) is 4.52. The van der Waals surface area contributed by atoms with Crippen LogP contribution >= 0.6 is 11.6 Å². The molecule has 0 N–H and O–H groups in total. The van der Waals surface area contributed by atoms with E-state index in [0.29, 0.717) is 25.3 Å². The van der Waals surface area contributed by atoms with Crippen LogP contribution in [0.15, 0.2) is 67.1 Å². The fourth-order valence-corrected chi connectivity index (χ4v) is 3.93. The first-order valence-corrected chi connectivity index (χ1v) is 11.2. The van der Waals surface area contributed by atoms with E-state index in [1.54, 1.807) is 30.5 Å². The van der Waals surface area contributed by atoms with Crippen LogP contribution < -0.4 is 4.74 Å². The second kappa shape index (κ2) is 11.1. The summed E-state index contributed by atoms with van der Waals surface area (Å²) in [6.45, 7) is 1.29. The van der Waals surface area contributed by atoms with E-state index in [1.807, 2.05) is 36.4 Å². The summed E-state index contributed by atoms with van der Waals surface area (Å²) in [5.74, 6) is 0.298. The number of hydrogen-bond donors (Lipinski definition) is 0. The molecule has 1 aliphatic rings. The number of ether oxygens (including phenoxy) is 2. The first-order valence-electron chi connectivity index (χ1n) is 10.8. The summed E-state index contributed by atoms with van der Waals surface area (Å²) < 4.78 is 11.4. The van der Waals surface area contributed by atoms with E-state index in [2.05, 4.69) is 9.97 Å². The monoisotopic (exact) mass is 480 g/mol. The molecule has 0 radical (unpaired) electrons. The van der Waals surface area contributed by atoms with Gasteiger partial charge < -0.3 is 19.3 Å². The van der Waals surface area contributed by atoms with Crippen molar-refractivity contribution in [2.75, 3.05) is 26.7 Å². The number of nitrogens with zero attached hydrogens (tertiary/aromatic N) is 4. The summed E-state index contributed by atoms with van der Waals surface area (Å²) in [4.78, 5) is 37.7. The van der Waals surface area contributed by atoms with Gasteiger partial charge in [-0.05, 0) is 41.5 Å². The highest BCUT2D eigenvalue weighted by atomic mass is 35.5. The van der Waals surface area contributed by atoms with Crippen LogP contribution in [0.25, 0.3) is 0 Å². The molecule has 8 nitrogen and oxygen atoms in total. The van der Waals surface area contributed by atoms with Gasteiger partial charge in [-0.1, -0.05) is 29.8 Å². The molecule has 0 bridgehead atoms. The van der Waals surface area contributed by atoms with E-state index in [1.165, 1.54) is 17.2 Å². The Balaban J connectivity index is 1.53. The Hall–Kier alpha value is -3.49. The van der Waals surface area contributed by atoms with Crippen molar-refractivity contribution in [3.8, 4) is 5.75 Å². The minimum absolute atomic E-state index is 0.0539. The fourth-order valence-electron chi connectivity index (χ4n) is 3.76. The third kappa shape index (κ3) is 6.09. The Labute approximate surface area is 203 Å². The highest BCUT2D eigenvalue weighted by Crippen LogP contribution is 2.18. The highest BCUT2D eigenvalue weighted by molar-refractivity contribution is 6.29. The van der Waals surface area contributed by atoms with Crippen LogP contribution in [0.3, 0.4) is 0 Å². The maximum Gasteiger partial charge on any atom is 0.254 e. The largest absolute Gasteiger partial charge is 0.497 e. The van der Waals surface area contributed by atoms with Gasteiger partial charge in [-0.3, -0.25) is 14.6 Å². The molecule has 3 aromatic rings. The zero-order valence-corrected chi connectivity index (χ0v) is 19.5. The average Bonchev–Trinajstić information content (AvgIpc) is 3.02. The molecule has 2 amide bonds. The maximum absolute atomic E-state index is 13.2. The lowest BCUT2D eigenvalue weighted by atomic mass is 10.2. The zero-order valence-electron chi connectivity index (χ0n) is 18.8. The molecule has 4 rings (SSSR count). The molecular weight excluding hydrogens is 456 g/mol. The standard InChI is InChI=1S/C25H25ClN4O4/c1-33-21-6-4-18(5-7-21)13-29-14-22(34-17-19-3-2-9-27-12-19)15-30(16-24(29)31)25(32)20-8-10-28-23(26)11-20/h2-12,22H,13-17H2,1H3/t22-/m0/s1. The highest BCUT2D eigenvalue weighted by Gasteiger charge is 2.31. The molecular formula is C25H25ClN4O4. The van der Waals surface area contributed by atoms with Crippen molar-refractivity contribution in [3.63, 3.8) is 0 Å². The fraction of sp³-hybridized carbons (Fsp3) is 0.280. The molecule has 2 aromatic heterocycles. The van der Waals surface area contributed by atoms with Crippen molar-refractivity contribution >= 4 is 23.4 Å². The second-order valence-corrected chi connectivity index (χ2v) is 8.36. The molecule has 1 atom stereocenters. The van der Waals surface area contributed by atoms with Gasteiger partial charge in [0.2, 0.25) is 5.91 Å². The maximum atomic E-state index is 13.2. The van der Waals surface area contributed by atoms with Crippen molar-refractivity contribution in [2.45, 2.75) is 19.3 Å². The zero-order chi connectivity index (χ0) is 23.9. The van der Waals surface area contributed by atoms with E-state index in [-0.39, 0.29) is 36.2 Å². The quantitative estimate of drug-likeness (QED) is 0.483. The Bertz CT molecular complexity index is 1130. The minimum Gasteiger partial charge on any atom is -0.497 e. The molecule has 1 fully saturated rings. The number of halogens is 1. The Morgan fingerprint density at radius 2 is 1.94 bits per heavy atom. The molecule has 0 saturated carbocycles. The smallest absolute Gasteiger partial charge is 0.254 e. The number of carbonyl (C=O) groups is 2. The average molecular weight is 481 g/mol. The van der Waals surface area contributed by atoms with Gasteiger partial charge in [0.25, 0.3) is 5.91 Å². The molecule has 0 aliphatic carbocycles. The van der Waals surface area contributed by atoms with E-state index in [9.17, 15) is 9.59 Å². The summed E-state index contributed by atoms with van der Waals surface area (Å²) in [6, 6.07) is 14.4. The lowest BCUT2D eigenvalue weighted by Gasteiger charge is -2.25. The number of pyridine rings is 2. The third-order valence-corrected chi connectivity index (χ3v) is 5.74. The van der Waals surface area contributed by atoms with Crippen LogP contribution in [-0.2, 0) is 22.7 Å². The predicted octanol–water partition coefficient (Wildman–Crippen LogP) is 3.21. The van der Waals surface area contributed by atoms with Crippen LogP contribution in [0, 0.1) is 0 Å². The minimum atomic E-state index is -0.383. The molecule has 176 valence electrons. The summed E-state index contributed by atoms with van der Waals surface area (Å²) in [5, 5.41) is 0.220. The molecule has 0 unspecified atom stereocenters. The number of carbonyl (C=O) groups excluding carboxylic acids is 2. The first kappa shape index (κ1) is 23.7. The van der Waals surface area contributed by atoms with Gasteiger partial charge in [0.1, 0.15) is 17.4 Å². The SMILES string of the molecule is COc1ccc(CN2C[C@H](OCc3cccnc3)CN(C(=O)c3ccnc(Cl)c3)CC2=O)cc1. The van der Waals surface area contributed by atoms with E-state index in [0.717, 1.165) is 16.9 Å². The van der Waals surface area contributed by atoms with Crippen LogP contribution in [0.2, 0.25) is 5.15 Å². The topological polar surface area (TPSA) is 84.9 Å². The van der Waals surface area contributed by atoms with Crippen molar-refractivity contribution in [1.82, 2.24) is 19.8 Å². The number of amides is 2. The number of methoxy groups -OCH3 is 1. The van der Waals surface area contributed by atoms with Gasteiger partial charge in [0, 0.05) is 43.8 Å². The van der Waals surface area contributed by atoms with E-state index in [4.69, 9.17) is 21.1 Å². The number of benzene rings is 1. The number of rotatable bonds is 7. The van der Waals surface area contributed by atoms with Gasteiger partial charge in [-0.15, -0.1) is 0 Å². The van der Waals surface area contributed by atoms with Gasteiger partial charge in [-0.2, -0.15) is 0 Å². The molecule has 0 spiro atoms. The molecule has 1 saturated heterocycles. The van der Waals surface area contributed by atoms with Crippen molar-refractivity contribution in [2.24, 2.45) is 0 Å². The summed E-state index contributed by atoms with van der Waals surface area (Å²) in [7, 11) is 1.61. The molecule has 1 aromatic carbocycles. The molecule has 9 heteroatoms. The predicted molar refractivity (Wildman–Crippen MR) is 126 cm³/mol. The third-order valence-electron chi connectivity index (χ3n) is 5.53. The second-order valence-electron chi connectivity index (χ2n) is 7.97. The van der Waals surface area contributed by atoms with Gasteiger partial charge in [0.05, 0.1) is 19.8 Å². The first-order chi connectivity index (χ1) is 16.5. The normalized spacial score (nSPS) is 16.3. The van der Waals surface area contributed by atoms with Crippen LogP contribution in [0.4, 0.5) is 0 Å². The number of hydrogen-bond acceptors (Lipinski definition) is 6. The molecule has 34 heavy (non-hydrogen) atoms. The summed E-state index contributed by atoms with van der Waals surface area (Å²) in [5.41, 5.74) is 2.25. The van der Waals surface area contributed by atoms with Crippen molar-refractivity contribution < 1.29 is 19.1 Å². The van der Waals surface area contributed by atoms with Gasteiger partial charge in [0.15, 0.2) is 0 Å². The van der Waals surface area contributed by atoms with Gasteiger partial charge >= 0.3 is 0 Å². The summed E-state index contributed by atoms with van der Waals surface area (Å²) >= 11 is 5.97. The van der Waals surface area contributed by atoms with Crippen LogP contribution in [0.5, 0.6) is 5.75 Å². The molecule has 1 aliphatic heterocycles. The van der Waals surface area contributed by atoms with Crippen molar-refractivity contribution in [1.29, 1.82) is 0 Å². The Morgan fingerprint density at radius 1 is 1.12 bits per heavy atom. The Kier molecular flexibility index (Phi) is 7.72. The Morgan fingerprint density at radius 3 is 2.65 bits per heavy atom. The lowest BCUT2D eigenvalue weighted by Crippen LogP contribution is -2.39. The van der Waals surface area contributed by atoms with E-state index >= 15 is 0 Å². The van der Waals surface area contributed by atoms with Crippen molar-refractivity contribution in [3.05, 3.63) is 89.0 Å². The van der Waals surface area contributed by atoms with Crippen LogP contribution in [0.1, 0.15) is 21.5 Å². The number of aromatic nitrogens is 2. The van der Waals surface area contributed by atoms with Gasteiger partial charge in [-0.25, -0.2) is 4.98 Å². The van der Waals surface area contributed by atoms with E-state index < -0.39 is 0 Å².